The Morgan fingerprint density at radius 3 is 2.96 bits per heavy atom. The molecule has 0 N–H and O–H groups in total. The van der Waals surface area contributed by atoms with Crippen LogP contribution in [-0.4, -0.2) is 58.6 Å². The van der Waals surface area contributed by atoms with Crippen LogP contribution >= 0.6 is 0 Å². The molecule has 1 aliphatic rings. The Kier molecular flexibility index (Phi) is 4.97. The lowest BCUT2D eigenvalue weighted by molar-refractivity contribution is -0.141. The summed E-state index contributed by atoms with van der Waals surface area (Å²) < 4.78 is 12.0. The summed E-state index contributed by atoms with van der Waals surface area (Å²) in [7, 11) is 1.36. The number of anilines is 1. The summed E-state index contributed by atoms with van der Waals surface area (Å²) in [6.07, 6.45) is 4.09. The Hall–Kier alpha value is -3.00. The first kappa shape index (κ1) is 17.4. The Morgan fingerprint density at radius 1 is 1.30 bits per heavy atom. The van der Waals surface area contributed by atoms with E-state index in [0.717, 1.165) is 24.2 Å². The van der Waals surface area contributed by atoms with Crippen molar-refractivity contribution in [1.29, 1.82) is 0 Å². The summed E-state index contributed by atoms with van der Waals surface area (Å²) in [4.78, 5) is 22.7. The zero-order valence-corrected chi connectivity index (χ0v) is 15.1. The van der Waals surface area contributed by atoms with E-state index >= 15 is 0 Å². The lowest BCUT2D eigenvalue weighted by Crippen LogP contribution is -2.47. The maximum Gasteiger partial charge on any atom is 0.327 e. The largest absolute Gasteiger partial charge is 0.468 e. The SMILES string of the molecule is COC(=O)Cn1ncc2c(N3CCOC[C@H]3Cc3ccccc3)ncnc21. The Morgan fingerprint density at radius 2 is 2.15 bits per heavy atom. The van der Waals surface area contributed by atoms with Gasteiger partial charge in [0.25, 0.3) is 0 Å². The molecule has 2 aromatic heterocycles. The molecule has 1 atom stereocenters. The van der Waals surface area contributed by atoms with E-state index in [-0.39, 0.29) is 18.6 Å². The van der Waals surface area contributed by atoms with Crippen molar-refractivity contribution in [3.8, 4) is 0 Å². The molecule has 0 bridgehead atoms. The number of hydrogen-bond acceptors (Lipinski definition) is 7. The predicted molar refractivity (Wildman–Crippen MR) is 99.4 cm³/mol. The number of benzene rings is 1. The minimum atomic E-state index is -0.367. The number of ether oxygens (including phenoxy) is 2. The summed E-state index contributed by atoms with van der Waals surface area (Å²) in [6, 6.07) is 10.5. The molecule has 1 aromatic carbocycles. The number of carbonyl (C=O) groups excluding carboxylic acids is 1. The molecule has 0 spiro atoms. The molecule has 0 saturated carbocycles. The molecule has 3 heterocycles. The van der Waals surface area contributed by atoms with Crippen LogP contribution < -0.4 is 4.90 Å². The summed E-state index contributed by atoms with van der Waals surface area (Å²) in [5.41, 5.74) is 1.88. The van der Waals surface area contributed by atoms with Crippen molar-refractivity contribution in [3.05, 3.63) is 48.4 Å². The standard InChI is InChI=1S/C19H21N5O3/c1-26-17(25)11-24-19-16(10-22-24)18(20-13-21-19)23-7-8-27-12-15(23)9-14-5-3-2-4-6-14/h2-6,10,13,15H,7-9,11-12H2,1H3/t15-/m1/s1. The molecule has 4 rings (SSSR count). The summed E-state index contributed by atoms with van der Waals surface area (Å²) in [5.74, 6) is 0.453. The fourth-order valence-electron chi connectivity index (χ4n) is 3.40. The highest BCUT2D eigenvalue weighted by Crippen LogP contribution is 2.27. The average molecular weight is 367 g/mol. The maximum absolute atomic E-state index is 11.6. The number of esters is 1. The highest BCUT2D eigenvalue weighted by Gasteiger charge is 2.27. The third-order valence-electron chi connectivity index (χ3n) is 4.73. The fourth-order valence-corrected chi connectivity index (χ4v) is 3.40. The average Bonchev–Trinajstić information content (AvgIpc) is 3.12. The van der Waals surface area contributed by atoms with Crippen molar-refractivity contribution < 1.29 is 14.3 Å². The number of nitrogens with zero attached hydrogens (tertiary/aromatic N) is 5. The normalized spacial score (nSPS) is 17.2. The number of aromatic nitrogens is 4. The zero-order chi connectivity index (χ0) is 18.6. The van der Waals surface area contributed by atoms with E-state index in [2.05, 4.69) is 32.1 Å². The van der Waals surface area contributed by atoms with Crippen molar-refractivity contribution in [1.82, 2.24) is 19.7 Å². The summed E-state index contributed by atoms with van der Waals surface area (Å²) in [6.45, 7) is 2.04. The van der Waals surface area contributed by atoms with Crippen LogP contribution in [0.3, 0.4) is 0 Å². The van der Waals surface area contributed by atoms with Gasteiger partial charge in [0.1, 0.15) is 18.7 Å². The molecule has 0 unspecified atom stereocenters. The number of hydrogen-bond donors (Lipinski definition) is 0. The second-order valence-corrected chi connectivity index (χ2v) is 6.42. The summed E-state index contributed by atoms with van der Waals surface area (Å²) >= 11 is 0. The van der Waals surface area contributed by atoms with Gasteiger partial charge in [0, 0.05) is 6.54 Å². The van der Waals surface area contributed by atoms with Gasteiger partial charge in [-0.05, 0) is 12.0 Å². The molecule has 0 radical (unpaired) electrons. The van der Waals surface area contributed by atoms with Crippen molar-refractivity contribution in [2.75, 3.05) is 31.8 Å². The lowest BCUT2D eigenvalue weighted by atomic mass is 10.0. The molecule has 3 aromatic rings. The van der Waals surface area contributed by atoms with Gasteiger partial charge in [-0.1, -0.05) is 30.3 Å². The topological polar surface area (TPSA) is 82.4 Å². The van der Waals surface area contributed by atoms with Gasteiger partial charge in [0.05, 0.1) is 37.9 Å². The van der Waals surface area contributed by atoms with E-state index in [4.69, 9.17) is 9.47 Å². The van der Waals surface area contributed by atoms with Crippen LogP contribution in [0.25, 0.3) is 11.0 Å². The van der Waals surface area contributed by atoms with E-state index in [1.54, 1.807) is 10.9 Å². The molecule has 8 heteroatoms. The maximum atomic E-state index is 11.6. The third-order valence-corrected chi connectivity index (χ3v) is 4.73. The fraction of sp³-hybridized carbons (Fsp3) is 0.368. The van der Waals surface area contributed by atoms with Crippen LogP contribution in [0.15, 0.2) is 42.9 Å². The van der Waals surface area contributed by atoms with Gasteiger partial charge < -0.3 is 14.4 Å². The third kappa shape index (κ3) is 3.61. The van der Waals surface area contributed by atoms with Crippen LogP contribution in [0.5, 0.6) is 0 Å². The Bertz CT molecular complexity index is 927. The van der Waals surface area contributed by atoms with E-state index in [0.29, 0.717) is 18.9 Å². The zero-order valence-electron chi connectivity index (χ0n) is 15.1. The number of carbonyl (C=O) groups is 1. The predicted octanol–water partition coefficient (Wildman–Crippen LogP) is 1.45. The van der Waals surface area contributed by atoms with Crippen LogP contribution in [0, 0.1) is 0 Å². The van der Waals surface area contributed by atoms with E-state index in [9.17, 15) is 4.79 Å². The smallest absolute Gasteiger partial charge is 0.327 e. The molecule has 0 aliphatic carbocycles. The first-order valence-corrected chi connectivity index (χ1v) is 8.88. The molecule has 0 amide bonds. The number of morpholine rings is 1. The van der Waals surface area contributed by atoms with Crippen LogP contribution in [0.2, 0.25) is 0 Å². The molecule has 8 nitrogen and oxygen atoms in total. The van der Waals surface area contributed by atoms with Crippen molar-refractivity contribution >= 4 is 22.8 Å². The molecule has 1 saturated heterocycles. The van der Waals surface area contributed by atoms with Crippen LogP contribution in [-0.2, 0) is 27.2 Å². The van der Waals surface area contributed by atoms with Gasteiger partial charge in [0.15, 0.2) is 5.65 Å². The quantitative estimate of drug-likeness (QED) is 0.631. The molecule has 1 fully saturated rings. The Labute approximate surface area is 156 Å². The molecule has 27 heavy (non-hydrogen) atoms. The highest BCUT2D eigenvalue weighted by atomic mass is 16.5. The summed E-state index contributed by atoms with van der Waals surface area (Å²) in [5, 5.41) is 5.12. The second kappa shape index (κ2) is 7.71. The van der Waals surface area contributed by atoms with Gasteiger partial charge in [-0.2, -0.15) is 5.10 Å². The Balaban J connectivity index is 1.66. The van der Waals surface area contributed by atoms with E-state index < -0.39 is 0 Å². The van der Waals surface area contributed by atoms with E-state index in [1.807, 2.05) is 18.2 Å². The van der Waals surface area contributed by atoms with Crippen LogP contribution in [0.1, 0.15) is 5.56 Å². The first-order chi connectivity index (χ1) is 13.3. The van der Waals surface area contributed by atoms with Gasteiger partial charge in [-0.3, -0.25) is 4.79 Å². The van der Waals surface area contributed by atoms with E-state index in [1.165, 1.54) is 19.0 Å². The van der Waals surface area contributed by atoms with Gasteiger partial charge >= 0.3 is 5.97 Å². The molecular weight excluding hydrogens is 346 g/mol. The van der Waals surface area contributed by atoms with Crippen molar-refractivity contribution in [2.24, 2.45) is 0 Å². The minimum absolute atomic E-state index is 0.0208. The van der Waals surface area contributed by atoms with Crippen LogP contribution in [0.4, 0.5) is 5.82 Å². The highest BCUT2D eigenvalue weighted by molar-refractivity contribution is 5.87. The van der Waals surface area contributed by atoms with Gasteiger partial charge in [-0.15, -0.1) is 0 Å². The molecule has 140 valence electrons. The number of rotatable bonds is 5. The molecule has 1 aliphatic heterocycles. The second-order valence-electron chi connectivity index (χ2n) is 6.42. The number of methoxy groups -OCH3 is 1. The first-order valence-electron chi connectivity index (χ1n) is 8.88. The monoisotopic (exact) mass is 367 g/mol. The lowest BCUT2D eigenvalue weighted by Gasteiger charge is -2.36. The molecular formula is C19H21N5O3. The minimum Gasteiger partial charge on any atom is -0.468 e. The number of fused-ring (bicyclic) bond motifs is 1. The van der Waals surface area contributed by atoms with Gasteiger partial charge in [-0.25, -0.2) is 14.6 Å². The van der Waals surface area contributed by atoms with Gasteiger partial charge in [0.2, 0.25) is 0 Å². The van der Waals surface area contributed by atoms with Crippen molar-refractivity contribution in [3.63, 3.8) is 0 Å². The van der Waals surface area contributed by atoms with Crippen molar-refractivity contribution in [2.45, 2.75) is 19.0 Å².